The molecule has 3 saturated heterocycles. The maximum Gasteiger partial charge on any atom is 0.325 e. The quantitative estimate of drug-likeness (QED) is 0.655. The van der Waals surface area contributed by atoms with E-state index in [0.717, 1.165) is 19.6 Å². The Hall–Kier alpha value is -2.94. The van der Waals surface area contributed by atoms with Crippen LogP contribution in [0.25, 0.3) is 0 Å². The first kappa shape index (κ1) is 22.3. The average molecular weight is 442 g/mol. The lowest BCUT2D eigenvalue weighted by molar-refractivity contribution is -0.137. The molecular formula is C23H31N5O4. The van der Waals surface area contributed by atoms with Crippen LogP contribution in [0.4, 0.5) is 4.79 Å². The Bertz CT molecular complexity index is 874. The largest absolute Gasteiger partial charge is 0.347 e. The number of hydrogen-bond acceptors (Lipinski definition) is 5. The monoisotopic (exact) mass is 441 g/mol. The maximum atomic E-state index is 13.3. The average Bonchev–Trinajstić information content (AvgIpc) is 3.03. The van der Waals surface area contributed by atoms with Gasteiger partial charge in [-0.25, -0.2) is 4.79 Å². The number of piperidine rings is 2. The molecule has 0 saturated carbocycles. The summed E-state index contributed by atoms with van der Waals surface area (Å²) in [7, 11) is 0. The van der Waals surface area contributed by atoms with E-state index in [1.807, 2.05) is 18.2 Å². The molecule has 3 aliphatic heterocycles. The molecule has 32 heavy (non-hydrogen) atoms. The first-order valence-electron chi connectivity index (χ1n) is 11.3. The SMILES string of the molecule is CC(=O)NCC(=O)N1CCC(N2C(=O)NC3(CCN(Cc4ccccc4)CC3)C2=O)CC1. The number of nitrogens with zero attached hydrogens (tertiary/aromatic N) is 3. The third-order valence-electron chi connectivity index (χ3n) is 6.82. The van der Waals surface area contributed by atoms with Gasteiger partial charge >= 0.3 is 6.03 Å². The van der Waals surface area contributed by atoms with Gasteiger partial charge in [0.15, 0.2) is 0 Å². The molecule has 9 nitrogen and oxygen atoms in total. The van der Waals surface area contributed by atoms with Gasteiger partial charge in [-0.3, -0.25) is 24.2 Å². The number of imide groups is 1. The summed E-state index contributed by atoms with van der Waals surface area (Å²) in [6, 6.07) is 9.74. The lowest BCUT2D eigenvalue weighted by Gasteiger charge is -2.38. The summed E-state index contributed by atoms with van der Waals surface area (Å²) < 4.78 is 0. The van der Waals surface area contributed by atoms with Crippen molar-refractivity contribution in [2.45, 2.75) is 50.7 Å². The van der Waals surface area contributed by atoms with Crippen molar-refractivity contribution >= 4 is 23.8 Å². The number of urea groups is 1. The molecule has 3 fully saturated rings. The molecule has 0 aromatic heterocycles. The fraction of sp³-hybridized carbons (Fsp3) is 0.565. The van der Waals surface area contributed by atoms with Gasteiger partial charge in [0.2, 0.25) is 11.8 Å². The van der Waals surface area contributed by atoms with E-state index >= 15 is 0 Å². The number of carbonyl (C=O) groups is 4. The molecule has 0 radical (unpaired) electrons. The molecule has 172 valence electrons. The van der Waals surface area contributed by atoms with Gasteiger partial charge in [-0.05, 0) is 31.2 Å². The second-order valence-corrected chi connectivity index (χ2v) is 8.97. The topological polar surface area (TPSA) is 102 Å². The van der Waals surface area contributed by atoms with E-state index in [-0.39, 0.29) is 36.3 Å². The molecule has 0 unspecified atom stereocenters. The van der Waals surface area contributed by atoms with Gasteiger partial charge in [0.1, 0.15) is 5.54 Å². The standard InChI is InChI=1S/C23H31N5O4/c1-17(29)24-15-20(30)27-11-7-19(8-12-27)28-21(31)23(25-22(28)32)9-13-26(14-10-23)16-18-5-3-2-4-6-18/h2-6,19H,7-16H2,1H3,(H,24,29)(H,25,32). The highest BCUT2D eigenvalue weighted by molar-refractivity contribution is 6.07. The molecule has 0 atom stereocenters. The molecule has 0 aliphatic carbocycles. The van der Waals surface area contributed by atoms with Crippen LogP contribution in [0.15, 0.2) is 30.3 Å². The van der Waals surface area contributed by atoms with Gasteiger partial charge in [0, 0.05) is 45.7 Å². The number of hydrogen-bond donors (Lipinski definition) is 2. The second-order valence-electron chi connectivity index (χ2n) is 8.97. The van der Waals surface area contributed by atoms with E-state index in [1.54, 1.807) is 4.90 Å². The molecule has 3 heterocycles. The Morgan fingerprint density at radius 3 is 2.34 bits per heavy atom. The van der Waals surface area contributed by atoms with Crippen LogP contribution in [0, 0.1) is 0 Å². The van der Waals surface area contributed by atoms with Gasteiger partial charge in [-0.1, -0.05) is 30.3 Å². The van der Waals surface area contributed by atoms with Crippen molar-refractivity contribution < 1.29 is 19.2 Å². The zero-order valence-electron chi connectivity index (χ0n) is 18.5. The van der Waals surface area contributed by atoms with E-state index < -0.39 is 5.54 Å². The Morgan fingerprint density at radius 2 is 1.72 bits per heavy atom. The molecule has 1 spiro atoms. The molecule has 0 bridgehead atoms. The lowest BCUT2D eigenvalue weighted by atomic mass is 9.86. The van der Waals surface area contributed by atoms with Crippen LogP contribution in [0.3, 0.4) is 0 Å². The van der Waals surface area contributed by atoms with Crippen molar-refractivity contribution in [1.29, 1.82) is 0 Å². The molecular weight excluding hydrogens is 410 g/mol. The minimum Gasteiger partial charge on any atom is -0.347 e. The fourth-order valence-corrected chi connectivity index (χ4v) is 4.93. The highest BCUT2D eigenvalue weighted by Gasteiger charge is 2.54. The molecule has 2 N–H and O–H groups in total. The number of amides is 5. The summed E-state index contributed by atoms with van der Waals surface area (Å²) in [5, 5.41) is 5.52. The predicted molar refractivity (Wildman–Crippen MR) is 117 cm³/mol. The van der Waals surface area contributed by atoms with Gasteiger partial charge in [0.25, 0.3) is 5.91 Å². The Morgan fingerprint density at radius 1 is 1.06 bits per heavy atom. The van der Waals surface area contributed by atoms with Crippen LogP contribution in [0.1, 0.15) is 38.2 Å². The first-order chi connectivity index (χ1) is 15.4. The van der Waals surface area contributed by atoms with Crippen LogP contribution in [-0.2, 0) is 20.9 Å². The zero-order valence-corrected chi connectivity index (χ0v) is 18.5. The van der Waals surface area contributed by atoms with Gasteiger partial charge in [-0.15, -0.1) is 0 Å². The number of carbonyl (C=O) groups excluding carboxylic acids is 4. The first-order valence-corrected chi connectivity index (χ1v) is 11.3. The third kappa shape index (κ3) is 4.62. The minimum atomic E-state index is -0.803. The van der Waals surface area contributed by atoms with Crippen LogP contribution < -0.4 is 10.6 Å². The van der Waals surface area contributed by atoms with E-state index in [4.69, 9.17) is 0 Å². The van der Waals surface area contributed by atoms with Crippen LogP contribution in [0.5, 0.6) is 0 Å². The number of nitrogens with one attached hydrogen (secondary N) is 2. The van der Waals surface area contributed by atoms with Gasteiger partial charge < -0.3 is 15.5 Å². The summed E-state index contributed by atoms with van der Waals surface area (Å²) in [4.78, 5) is 54.8. The molecule has 9 heteroatoms. The number of rotatable bonds is 5. The second kappa shape index (κ2) is 9.28. The smallest absolute Gasteiger partial charge is 0.325 e. The molecule has 1 aromatic carbocycles. The Kier molecular flexibility index (Phi) is 6.45. The summed E-state index contributed by atoms with van der Waals surface area (Å²) >= 11 is 0. The van der Waals surface area contributed by atoms with Gasteiger partial charge in [0.05, 0.1) is 6.54 Å². The van der Waals surface area contributed by atoms with E-state index in [2.05, 4.69) is 27.7 Å². The Balaban J connectivity index is 1.31. The third-order valence-corrected chi connectivity index (χ3v) is 6.82. The van der Waals surface area contributed by atoms with Crippen molar-refractivity contribution in [3.05, 3.63) is 35.9 Å². The fourth-order valence-electron chi connectivity index (χ4n) is 4.93. The van der Waals surface area contributed by atoms with E-state index in [1.165, 1.54) is 17.4 Å². The molecule has 3 aliphatic rings. The molecule has 4 rings (SSSR count). The number of likely N-dealkylation sites (tertiary alicyclic amines) is 2. The summed E-state index contributed by atoms with van der Waals surface area (Å²) in [6.45, 7) is 4.64. The van der Waals surface area contributed by atoms with E-state index in [9.17, 15) is 19.2 Å². The summed E-state index contributed by atoms with van der Waals surface area (Å²) in [5.74, 6) is -0.504. The normalized spacial score (nSPS) is 21.7. The molecule has 1 aromatic rings. The van der Waals surface area contributed by atoms with Crippen molar-refractivity contribution in [1.82, 2.24) is 25.3 Å². The van der Waals surface area contributed by atoms with Crippen molar-refractivity contribution in [3.63, 3.8) is 0 Å². The van der Waals surface area contributed by atoms with Crippen molar-refractivity contribution in [2.75, 3.05) is 32.7 Å². The highest BCUT2D eigenvalue weighted by atomic mass is 16.2. The summed E-state index contributed by atoms with van der Waals surface area (Å²) in [6.07, 6.45) is 2.33. The Labute approximate surface area is 188 Å². The lowest BCUT2D eigenvalue weighted by Crippen LogP contribution is -2.55. The van der Waals surface area contributed by atoms with Crippen molar-refractivity contribution in [3.8, 4) is 0 Å². The van der Waals surface area contributed by atoms with Crippen LogP contribution in [0.2, 0.25) is 0 Å². The maximum absolute atomic E-state index is 13.3. The van der Waals surface area contributed by atoms with Gasteiger partial charge in [-0.2, -0.15) is 0 Å². The van der Waals surface area contributed by atoms with Crippen molar-refractivity contribution in [2.24, 2.45) is 0 Å². The summed E-state index contributed by atoms with van der Waals surface area (Å²) in [5.41, 5.74) is 0.439. The zero-order chi connectivity index (χ0) is 22.7. The highest BCUT2D eigenvalue weighted by Crippen LogP contribution is 2.33. The predicted octanol–water partition coefficient (Wildman–Crippen LogP) is 0.700. The van der Waals surface area contributed by atoms with Crippen LogP contribution in [-0.4, -0.2) is 82.8 Å². The molecule has 5 amide bonds. The van der Waals surface area contributed by atoms with Crippen LogP contribution >= 0.6 is 0 Å². The van der Waals surface area contributed by atoms with E-state index in [0.29, 0.717) is 38.8 Å². The number of benzene rings is 1. The minimum absolute atomic E-state index is 0.0221.